The summed E-state index contributed by atoms with van der Waals surface area (Å²) < 4.78 is 4.81. The third-order valence-electron chi connectivity index (χ3n) is 2.09. The van der Waals surface area contributed by atoms with Gasteiger partial charge >= 0.3 is 5.97 Å². The van der Waals surface area contributed by atoms with Gasteiger partial charge in [0.25, 0.3) is 0 Å². The molecule has 0 amide bonds. The van der Waals surface area contributed by atoms with Gasteiger partial charge in [-0.15, -0.1) is 11.3 Å². The molecule has 96 valence electrons. The number of esters is 1. The molecular weight excluding hydrogens is 254 g/mol. The minimum absolute atomic E-state index is 0.0835. The van der Waals surface area contributed by atoms with Crippen molar-refractivity contribution in [3.63, 3.8) is 0 Å². The summed E-state index contributed by atoms with van der Waals surface area (Å²) in [4.78, 5) is 19.8. The maximum atomic E-state index is 11.4. The Hall–Kier alpha value is -1.80. The predicted octanol–water partition coefficient (Wildman–Crippen LogP) is 0.606. The van der Waals surface area contributed by atoms with Crippen molar-refractivity contribution in [2.45, 2.75) is 13.3 Å². The van der Waals surface area contributed by atoms with Gasteiger partial charge in [0, 0.05) is 11.8 Å². The van der Waals surface area contributed by atoms with Gasteiger partial charge in [-0.25, -0.2) is 9.78 Å². The highest BCUT2D eigenvalue weighted by Crippen LogP contribution is 2.18. The Morgan fingerprint density at radius 3 is 3.11 bits per heavy atom. The number of carbonyl (C=O) groups excluding carboxylic acids is 1. The van der Waals surface area contributed by atoms with Gasteiger partial charge < -0.3 is 10.5 Å². The van der Waals surface area contributed by atoms with Crippen molar-refractivity contribution in [1.82, 2.24) is 20.2 Å². The molecule has 3 N–H and O–H groups in total. The zero-order valence-corrected chi connectivity index (χ0v) is 10.7. The Morgan fingerprint density at radius 1 is 1.56 bits per heavy atom. The monoisotopic (exact) mass is 267 g/mol. The third kappa shape index (κ3) is 2.71. The van der Waals surface area contributed by atoms with E-state index in [2.05, 4.69) is 20.2 Å². The molecule has 2 heterocycles. The summed E-state index contributed by atoms with van der Waals surface area (Å²) in [5.74, 6) is -0.0496. The molecule has 0 aliphatic heterocycles. The fraction of sp³-hybridized carbons (Fsp3) is 0.400. The molecule has 7 nitrogen and oxygen atoms in total. The van der Waals surface area contributed by atoms with Crippen LogP contribution < -0.4 is 5.73 Å². The topological polar surface area (TPSA) is 107 Å². The first-order valence-corrected chi connectivity index (χ1v) is 6.37. The lowest BCUT2D eigenvalue weighted by Gasteiger charge is -1.94. The lowest BCUT2D eigenvalue weighted by atomic mass is 10.4. The summed E-state index contributed by atoms with van der Waals surface area (Å²) in [6.45, 7) is 2.58. The quantitative estimate of drug-likeness (QED) is 0.768. The maximum Gasteiger partial charge on any atom is 0.375 e. The average Bonchev–Trinajstić information content (AvgIpc) is 2.97. The second-order valence-electron chi connectivity index (χ2n) is 3.39. The van der Waals surface area contributed by atoms with E-state index in [0.717, 1.165) is 11.4 Å². The molecular formula is C10H13N5O2S. The average molecular weight is 267 g/mol. The molecule has 2 aromatic rings. The number of ether oxygens (including phenoxy) is 1. The molecule has 0 fully saturated rings. The summed E-state index contributed by atoms with van der Waals surface area (Å²) in [7, 11) is 0. The minimum atomic E-state index is -0.520. The molecule has 0 saturated heterocycles. The van der Waals surface area contributed by atoms with E-state index < -0.39 is 5.97 Å². The van der Waals surface area contributed by atoms with Gasteiger partial charge in [-0.2, -0.15) is 10.1 Å². The summed E-state index contributed by atoms with van der Waals surface area (Å²) in [5.41, 5.74) is 6.09. The highest BCUT2D eigenvalue weighted by molar-refractivity contribution is 7.09. The predicted molar refractivity (Wildman–Crippen MR) is 66.2 cm³/mol. The highest BCUT2D eigenvalue weighted by Gasteiger charge is 2.15. The van der Waals surface area contributed by atoms with Crippen LogP contribution in [0.15, 0.2) is 5.38 Å². The van der Waals surface area contributed by atoms with E-state index in [1.807, 2.05) is 5.38 Å². The Kier molecular flexibility index (Phi) is 4.00. The van der Waals surface area contributed by atoms with Gasteiger partial charge in [-0.3, -0.25) is 5.10 Å². The van der Waals surface area contributed by atoms with Crippen molar-refractivity contribution in [2.75, 3.05) is 13.2 Å². The Morgan fingerprint density at radius 2 is 2.39 bits per heavy atom. The molecule has 0 bridgehead atoms. The molecule has 0 aromatic carbocycles. The Bertz CT molecular complexity index is 536. The number of aromatic amines is 1. The number of carbonyl (C=O) groups is 1. The van der Waals surface area contributed by atoms with Crippen LogP contribution in [0.4, 0.5) is 0 Å². The number of nitrogens with two attached hydrogens (primary N) is 1. The molecule has 2 rings (SSSR count). The number of hydrogen-bond donors (Lipinski definition) is 2. The van der Waals surface area contributed by atoms with Crippen LogP contribution >= 0.6 is 11.3 Å². The molecule has 8 heteroatoms. The van der Waals surface area contributed by atoms with Gasteiger partial charge in [-0.1, -0.05) is 0 Å². The smallest absolute Gasteiger partial charge is 0.375 e. The van der Waals surface area contributed by atoms with Gasteiger partial charge in [0.1, 0.15) is 5.69 Å². The zero-order chi connectivity index (χ0) is 13.0. The Balaban J connectivity index is 2.15. The van der Waals surface area contributed by atoms with E-state index in [0.29, 0.717) is 24.7 Å². The second kappa shape index (κ2) is 5.69. The molecule has 0 radical (unpaired) electrons. The molecule has 2 aromatic heterocycles. The van der Waals surface area contributed by atoms with Crippen LogP contribution in [0, 0.1) is 0 Å². The number of hydrogen-bond acceptors (Lipinski definition) is 7. The standard InChI is InChI=1S/C10H13N5O2S/c1-2-17-10(16)9-13-8(14-15-9)6-5-18-7(12-6)3-4-11/h5H,2-4,11H2,1H3,(H,13,14,15). The van der Waals surface area contributed by atoms with E-state index in [9.17, 15) is 4.79 Å². The fourth-order valence-corrected chi connectivity index (χ4v) is 2.11. The minimum Gasteiger partial charge on any atom is -0.460 e. The first-order valence-electron chi connectivity index (χ1n) is 5.49. The van der Waals surface area contributed by atoms with Gasteiger partial charge in [0.05, 0.1) is 11.6 Å². The molecule has 0 aliphatic rings. The number of aromatic nitrogens is 4. The lowest BCUT2D eigenvalue weighted by Crippen LogP contribution is -2.06. The first-order chi connectivity index (χ1) is 8.74. The van der Waals surface area contributed by atoms with Crippen molar-refractivity contribution >= 4 is 17.3 Å². The molecule has 18 heavy (non-hydrogen) atoms. The normalized spacial score (nSPS) is 10.6. The number of nitrogens with zero attached hydrogens (tertiary/aromatic N) is 3. The van der Waals surface area contributed by atoms with E-state index in [4.69, 9.17) is 10.5 Å². The van der Waals surface area contributed by atoms with Crippen LogP contribution in [0.25, 0.3) is 11.5 Å². The second-order valence-corrected chi connectivity index (χ2v) is 4.34. The van der Waals surface area contributed by atoms with E-state index in [1.165, 1.54) is 11.3 Å². The van der Waals surface area contributed by atoms with Crippen molar-refractivity contribution < 1.29 is 9.53 Å². The van der Waals surface area contributed by atoms with E-state index >= 15 is 0 Å². The number of nitrogens with one attached hydrogen (secondary N) is 1. The van der Waals surface area contributed by atoms with E-state index in [-0.39, 0.29) is 5.82 Å². The van der Waals surface area contributed by atoms with E-state index in [1.54, 1.807) is 6.92 Å². The van der Waals surface area contributed by atoms with Crippen molar-refractivity contribution in [3.8, 4) is 11.5 Å². The van der Waals surface area contributed by atoms with Crippen LogP contribution in [-0.4, -0.2) is 39.3 Å². The molecule has 0 unspecified atom stereocenters. The maximum absolute atomic E-state index is 11.4. The molecule has 0 aliphatic carbocycles. The number of rotatable bonds is 5. The van der Waals surface area contributed by atoms with Crippen molar-refractivity contribution in [1.29, 1.82) is 0 Å². The highest BCUT2D eigenvalue weighted by atomic mass is 32.1. The third-order valence-corrected chi connectivity index (χ3v) is 3.00. The van der Waals surface area contributed by atoms with Crippen LogP contribution in [0.5, 0.6) is 0 Å². The first kappa shape index (κ1) is 12.7. The molecule has 0 spiro atoms. The van der Waals surface area contributed by atoms with Gasteiger partial charge in [0.2, 0.25) is 11.6 Å². The van der Waals surface area contributed by atoms with Crippen LogP contribution in [-0.2, 0) is 11.2 Å². The van der Waals surface area contributed by atoms with Gasteiger partial charge in [-0.05, 0) is 13.5 Å². The molecule has 0 atom stereocenters. The van der Waals surface area contributed by atoms with Crippen LogP contribution in [0.1, 0.15) is 22.6 Å². The summed E-state index contributed by atoms with van der Waals surface area (Å²) in [6.07, 6.45) is 0.722. The summed E-state index contributed by atoms with van der Waals surface area (Å²) >= 11 is 1.50. The Labute approximate surface area is 107 Å². The van der Waals surface area contributed by atoms with Crippen molar-refractivity contribution in [3.05, 3.63) is 16.2 Å². The number of H-pyrrole nitrogens is 1. The summed E-state index contributed by atoms with van der Waals surface area (Å²) in [6, 6.07) is 0. The zero-order valence-electron chi connectivity index (χ0n) is 9.84. The van der Waals surface area contributed by atoms with Crippen molar-refractivity contribution in [2.24, 2.45) is 5.73 Å². The van der Waals surface area contributed by atoms with Gasteiger partial charge in [0.15, 0.2) is 0 Å². The van der Waals surface area contributed by atoms with Crippen LogP contribution in [0.2, 0.25) is 0 Å². The SMILES string of the molecule is CCOC(=O)c1nc(-c2csc(CCN)n2)n[nH]1. The molecule has 0 saturated carbocycles. The van der Waals surface area contributed by atoms with Crippen LogP contribution in [0.3, 0.4) is 0 Å². The largest absolute Gasteiger partial charge is 0.460 e. The number of thiazole rings is 1. The summed E-state index contributed by atoms with van der Waals surface area (Å²) in [5, 5.41) is 9.24. The lowest BCUT2D eigenvalue weighted by molar-refractivity contribution is 0.0512. The fourth-order valence-electron chi connectivity index (χ4n) is 1.32.